The average molecular weight is 327 g/mol. The van der Waals surface area contributed by atoms with E-state index in [0.29, 0.717) is 6.04 Å². The quantitative estimate of drug-likeness (QED) is 0.926. The second-order valence-corrected chi connectivity index (χ2v) is 7.24. The molecule has 0 bridgehead atoms. The first-order chi connectivity index (χ1) is 11.8. The number of aryl methyl sites for hydroxylation is 1. The molecule has 1 N–H and O–H groups in total. The van der Waals surface area contributed by atoms with Crippen LogP contribution in [0.1, 0.15) is 43.4 Å². The molecule has 0 amide bonds. The number of nitrogens with one attached hydrogen (secondary N) is 1. The van der Waals surface area contributed by atoms with Crippen LogP contribution in [-0.4, -0.2) is 60.6 Å². The Bertz CT molecular complexity index is 618. The Balaban J connectivity index is 1.61. The molecular formula is C19H29N5. The molecule has 0 radical (unpaired) electrons. The van der Waals surface area contributed by atoms with Gasteiger partial charge in [0, 0.05) is 44.0 Å². The van der Waals surface area contributed by atoms with Crippen LogP contribution in [0.15, 0.2) is 23.2 Å². The summed E-state index contributed by atoms with van der Waals surface area (Å²) in [4.78, 5) is 7.55. The largest absolute Gasteiger partial charge is 0.325 e. The summed E-state index contributed by atoms with van der Waals surface area (Å²) in [5.41, 5.74) is 4.21. The lowest BCUT2D eigenvalue weighted by Crippen LogP contribution is -2.57. The van der Waals surface area contributed by atoms with E-state index < -0.39 is 0 Å². The molecule has 0 aromatic heterocycles. The SMILES string of the molecule is CCCN(C1=NC2CCCc3cccc(c32)N1)N1CCN(C)CC1. The molecule has 3 aliphatic rings. The Labute approximate surface area is 145 Å². The van der Waals surface area contributed by atoms with E-state index in [1.54, 1.807) is 0 Å². The van der Waals surface area contributed by atoms with E-state index in [-0.39, 0.29) is 0 Å². The Morgan fingerprint density at radius 1 is 1.25 bits per heavy atom. The van der Waals surface area contributed by atoms with Crippen LogP contribution in [0.2, 0.25) is 0 Å². The van der Waals surface area contributed by atoms with Crippen LogP contribution in [0.3, 0.4) is 0 Å². The van der Waals surface area contributed by atoms with E-state index in [9.17, 15) is 0 Å². The normalized spacial score (nSPS) is 24.1. The minimum Gasteiger partial charge on any atom is -0.325 e. The Morgan fingerprint density at radius 3 is 2.88 bits per heavy atom. The molecule has 1 aromatic rings. The maximum atomic E-state index is 5.14. The van der Waals surface area contributed by atoms with Gasteiger partial charge in [-0.1, -0.05) is 19.1 Å². The van der Waals surface area contributed by atoms with Crippen molar-refractivity contribution in [3.63, 3.8) is 0 Å². The summed E-state index contributed by atoms with van der Waals surface area (Å²) >= 11 is 0. The first-order valence-corrected chi connectivity index (χ1v) is 9.44. The van der Waals surface area contributed by atoms with Crippen molar-refractivity contribution in [2.24, 2.45) is 4.99 Å². The molecule has 130 valence electrons. The predicted molar refractivity (Wildman–Crippen MR) is 99.2 cm³/mol. The van der Waals surface area contributed by atoms with Gasteiger partial charge in [0.05, 0.1) is 6.04 Å². The Kier molecular flexibility index (Phi) is 4.46. The van der Waals surface area contributed by atoms with Crippen molar-refractivity contribution in [3.05, 3.63) is 29.3 Å². The number of likely N-dealkylation sites (N-methyl/N-ethyl adjacent to an activating group) is 1. The van der Waals surface area contributed by atoms with E-state index in [4.69, 9.17) is 4.99 Å². The highest BCUT2D eigenvalue weighted by Gasteiger charge is 2.31. The maximum Gasteiger partial charge on any atom is 0.213 e. The smallest absolute Gasteiger partial charge is 0.213 e. The van der Waals surface area contributed by atoms with Crippen LogP contribution in [0.25, 0.3) is 0 Å². The molecule has 0 saturated carbocycles. The van der Waals surface area contributed by atoms with Gasteiger partial charge < -0.3 is 10.2 Å². The number of guanidine groups is 1. The molecule has 1 fully saturated rings. The molecule has 1 unspecified atom stereocenters. The Morgan fingerprint density at radius 2 is 2.08 bits per heavy atom. The van der Waals surface area contributed by atoms with E-state index >= 15 is 0 Å². The lowest BCUT2D eigenvalue weighted by Gasteiger charge is -2.43. The minimum absolute atomic E-state index is 0.341. The van der Waals surface area contributed by atoms with Gasteiger partial charge in [-0.3, -0.25) is 5.01 Å². The summed E-state index contributed by atoms with van der Waals surface area (Å²) in [6.45, 7) is 7.68. The van der Waals surface area contributed by atoms with Crippen LogP contribution in [0.4, 0.5) is 5.69 Å². The first kappa shape index (κ1) is 15.9. The predicted octanol–water partition coefficient (Wildman–Crippen LogP) is 2.72. The van der Waals surface area contributed by atoms with Gasteiger partial charge >= 0.3 is 0 Å². The van der Waals surface area contributed by atoms with Crippen molar-refractivity contribution in [3.8, 4) is 0 Å². The number of aliphatic imine (C=N–C) groups is 1. The van der Waals surface area contributed by atoms with Gasteiger partial charge in [0.2, 0.25) is 5.96 Å². The van der Waals surface area contributed by atoms with Crippen molar-refractivity contribution >= 4 is 11.6 Å². The van der Waals surface area contributed by atoms with Crippen LogP contribution >= 0.6 is 0 Å². The van der Waals surface area contributed by atoms with Crippen LogP contribution in [-0.2, 0) is 6.42 Å². The summed E-state index contributed by atoms with van der Waals surface area (Å²) in [6.07, 6.45) is 4.76. The van der Waals surface area contributed by atoms with Crippen LogP contribution in [0.5, 0.6) is 0 Å². The molecule has 2 aliphatic heterocycles. The second-order valence-electron chi connectivity index (χ2n) is 7.24. The van der Waals surface area contributed by atoms with Gasteiger partial charge in [-0.05, 0) is 44.4 Å². The van der Waals surface area contributed by atoms with Gasteiger partial charge in [0.15, 0.2) is 0 Å². The fourth-order valence-electron chi connectivity index (χ4n) is 4.15. The number of piperazine rings is 1. The fraction of sp³-hybridized carbons (Fsp3) is 0.632. The lowest BCUT2D eigenvalue weighted by atomic mass is 9.86. The number of nitrogens with zero attached hydrogens (tertiary/aromatic N) is 4. The molecule has 4 rings (SSSR count). The van der Waals surface area contributed by atoms with Gasteiger partial charge in [-0.25, -0.2) is 10.0 Å². The molecule has 5 heteroatoms. The van der Waals surface area contributed by atoms with Crippen molar-refractivity contribution < 1.29 is 0 Å². The fourth-order valence-corrected chi connectivity index (χ4v) is 4.15. The van der Waals surface area contributed by atoms with Gasteiger partial charge in [0.25, 0.3) is 0 Å². The lowest BCUT2D eigenvalue weighted by molar-refractivity contribution is 0.00223. The van der Waals surface area contributed by atoms with E-state index in [1.165, 1.54) is 36.1 Å². The first-order valence-electron chi connectivity index (χ1n) is 9.44. The third kappa shape index (κ3) is 2.91. The summed E-state index contributed by atoms with van der Waals surface area (Å²) in [5, 5.41) is 8.53. The summed E-state index contributed by atoms with van der Waals surface area (Å²) in [6, 6.07) is 7.03. The standard InChI is InChI=1S/C19H29N5/c1-3-10-24(23-13-11-22(2)12-14-23)19-20-16-8-4-6-15-7-5-9-17(21-19)18(15)16/h4,6,8,17H,3,5,7,9-14H2,1-2H3,(H,20,21). The Hall–Kier alpha value is -1.59. The molecular weight excluding hydrogens is 298 g/mol. The molecule has 1 saturated heterocycles. The number of hydrogen-bond donors (Lipinski definition) is 1. The molecule has 0 spiro atoms. The second kappa shape index (κ2) is 6.73. The highest BCUT2D eigenvalue weighted by Crippen LogP contribution is 2.40. The monoisotopic (exact) mass is 327 g/mol. The number of hydrogen-bond acceptors (Lipinski definition) is 5. The van der Waals surface area contributed by atoms with Crippen molar-refractivity contribution in [1.82, 2.24) is 14.9 Å². The van der Waals surface area contributed by atoms with E-state index in [2.05, 4.69) is 52.4 Å². The highest BCUT2D eigenvalue weighted by atomic mass is 15.7. The molecule has 1 aromatic carbocycles. The third-order valence-electron chi connectivity index (χ3n) is 5.48. The zero-order valence-electron chi connectivity index (χ0n) is 15.0. The summed E-state index contributed by atoms with van der Waals surface area (Å²) in [7, 11) is 2.21. The molecule has 5 nitrogen and oxygen atoms in total. The van der Waals surface area contributed by atoms with Crippen LogP contribution < -0.4 is 5.32 Å². The molecule has 1 aliphatic carbocycles. The number of hydrazine groups is 1. The van der Waals surface area contributed by atoms with Crippen molar-refractivity contribution in [1.29, 1.82) is 0 Å². The van der Waals surface area contributed by atoms with Crippen molar-refractivity contribution in [2.45, 2.75) is 38.6 Å². The highest BCUT2D eigenvalue weighted by molar-refractivity contribution is 5.96. The average Bonchev–Trinajstić information content (AvgIpc) is 2.61. The third-order valence-corrected chi connectivity index (χ3v) is 5.48. The number of benzene rings is 1. The topological polar surface area (TPSA) is 34.1 Å². The zero-order chi connectivity index (χ0) is 16.5. The molecule has 24 heavy (non-hydrogen) atoms. The number of anilines is 1. The van der Waals surface area contributed by atoms with Crippen molar-refractivity contribution in [2.75, 3.05) is 45.1 Å². The van der Waals surface area contributed by atoms with Crippen LogP contribution in [0, 0.1) is 0 Å². The molecule has 2 heterocycles. The molecule has 1 atom stereocenters. The summed E-state index contributed by atoms with van der Waals surface area (Å²) < 4.78 is 0. The van der Waals surface area contributed by atoms with E-state index in [1.807, 2.05) is 0 Å². The maximum absolute atomic E-state index is 5.14. The van der Waals surface area contributed by atoms with E-state index in [0.717, 1.165) is 45.1 Å². The van der Waals surface area contributed by atoms with Gasteiger partial charge in [-0.15, -0.1) is 0 Å². The summed E-state index contributed by atoms with van der Waals surface area (Å²) in [5.74, 6) is 1.05. The number of rotatable bonds is 3. The van der Waals surface area contributed by atoms with Gasteiger partial charge in [0.1, 0.15) is 0 Å². The van der Waals surface area contributed by atoms with Gasteiger partial charge in [-0.2, -0.15) is 0 Å². The minimum atomic E-state index is 0.341. The zero-order valence-corrected chi connectivity index (χ0v) is 15.0.